The van der Waals surface area contributed by atoms with Crippen LogP contribution in [0.5, 0.6) is 5.88 Å². The maximum atomic E-state index is 11.6. The molecule has 1 saturated heterocycles. The van der Waals surface area contributed by atoms with Gasteiger partial charge in [-0.25, -0.2) is 13.4 Å². The lowest BCUT2D eigenvalue weighted by Gasteiger charge is -2.21. The fraction of sp³-hybridized carbons (Fsp3) is 0.350. The van der Waals surface area contributed by atoms with Crippen LogP contribution in [-0.4, -0.2) is 48.4 Å². The van der Waals surface area contributed by atoms with Gasteiger partial charge in [-0.1, -0.05) is 17.3 Å². The molecular weight excluding hydrogens is 392 g/mol. The van der Waals surface area contributed by atoms with Gasteiger partial charge in [0.1, 0.15) is 0 Å². The van der Waals surface area contributed by atoms with E-state index in [9.17, 15) is 8.42 Å². The molecule has 0 N–H and O–H groups in total. The maximum absolute atomic E-state index is 11.6. The summed E-state index contributed by atoms with van der Waals surface area (Å²) in [7, 11) is -1.62. The molecule has 1 fully saturated rings. The number of likely N-dealkylation sites (tertiary alicyclic amines) is 1. The van der Waals surface area contributed by atoms with Gasteiger partial charge in [-0.15, -0.1) is 0 Å². The third kappa shape index (κ3) is 4.30. The van der Waals surface area contributed by atoms with Gasteiger partial charge in [0, 0.05) is 30.6 Å². The maximum Gasteiger partial charge on any atom is 0.244 e. The number of nitrogens with zero attached hydrogens (tertiary/aromatic N) is 4. The molecule has 1 aliphatic rings. The quantitative estimate of drug-likeness (QED) is 0.607. The van der Waals surface area contributed by atoms with Crippen LogP contribution >= 0.6 is 0 Å². The zero-order valence-electron chi connectivity index (χ0n) is 16.3. The molecule has 29 heavy (non-hydrogen) atoms. The molecule has 0 unspecified atom stereocenters. The summed E-state index contributed by atoms with van der Waals surface area (Å²) in [5.41, 5.74) is 1.81. The van der Waals surface area contributed by atoms with E-state index in [1.165, 1.54) is 6.26 Å². The van der Waals surface area contributed by atoms with Crippen LogP contribution < -0.4 is 4.74 Å². The first-order chi connectivity index (χ1) is 13.9. The summed E-state index contributed by atoms with van der Waals surface area (Å²) in [6, 6.07) is 10.7. The minimum atomic E-state index is -3.19. The van der Waals surface area contributed by atoms with Crippen molar-refractivity contribution in [3.63, 3.8) is 0 Å². The minimum Gasteiger partial charge on any atom is -0.481 e. The SMILES string of the molecule is COc1ccc(-c2noc([C@H]3CCCN3Cc3ccc(S(C)(=O)=O)cc3)n2)cn1. The van der Waals surface area contributed by atoms with Crippen molar-refractivity contribution in [1.82, 2.24) is 20.0 Å². The van der Waals surface area contributed by atoms with Gasteiger partial charge in [-0.05, 0) is 43.1 Å². The van der Waals surface area contributed by atoms with Crippen molar-refractivity contribution in [1.29, 1.82) is 0 Å². The highest BCUT2D eigenvalue weighted by molar-refractivity contribution is 7.90. The van der Waals surface area contributed by atoms with Crippen LogP contribution in [0.1, 0.15) is 30.3 Å². The first-order valence-electron chi connectivity index (χ1n) is 9.31. The largest absolute Gasteiger partial charge is 0.481 e. The normalized spacial score (nSPS) is 17.5. The van der Waals surface area contributed by atoms with E-state index in [0.29, 0.717) is 29.0 Å². The summed E-state index contributed by atoms with van der Waals surface area (Å²) in [6.45, 7) is 1.61. The van der Waals surface area contributed by atoms with Crippen LogP contribution in [0.15, 0.2) is 52.0 Å². The van der Waals surface area contributed by atoms with Crippen LogP contribution in [-0.2, 0) is 16.4 Å². The van der Waals surface area contributed by atoms with E-state index in [4.69, 9.17) is 9.26 Å². The monoisotopic (exact) mass is 414 g/mol. The Labute approximate surface area is 169 Å². The number of hydrogen-bond donors (Lipinski definition) is 0. The summed E-state index contributed by atoms with van der Waals surface area (Å²) in [6.07, 6.45) is 4.84. The summed E-state index contributed by atoms with van der Waals surface area (Å²) >= 11 is 0. The molecule has 0 bridgehead atoms. The van der Waals surface area contributed by atoms with E-state index in [2.05, 4.69) is 20.0 Å². The Morgan fingerprint density at radius 2 is 2.00 bits per heavy atom. The highest BCUT2D eigenvalue weighted by Crippen LogP contribution is 2.33. The second-order valence-corrected chi connectivity index (χ2v) is 9.11. The molecule has 1 atom stereocenters. The molecule has 2 aromatic heterocycles. The van der Waals surface area contributed by atoms with Crippen molar-refractivity contribution >= 4 is 9.84 Å². The van der Waals surface area contributed by atoms with Gasteiger partial charge in [0.15, 0.2) is 9.84 Å². The van der Waals surface area contributed by atoms with Crippen molar-refractivity contribution < 1.29 is 17.7 Å². The first kappa shape index (κ1) is 19.5. The Morgan fingerprint density at radius 1 is 1.21 bits per heavy atom. The number of rotatable bonds is 6. The molecular formula is C20H22N4O4S. The van der Waals surface area contributed by atoms with E-state index in [0.717, 1.165) is 30.5 Å². The molecule has 0 amide bonds. The highest BCUT2D eigenvalue weighted by atomic mass is 32.2. The second kappa shape index (κ2) is 7.92. The summed E-state index contributed by atoms with van der Waals surface area (Å²) in [5, 5.41) is 4.11. The third-order valence-electron chi connectivity index (χ3n) is 5.03. The van der Waals surface area contributed by atoms with Gasteiger partial charge < -0.3 is 9.26 Å². The van der Waals surface area contributed by atoms with Gasteiger partial charge >= 0.3 is 0 Å². The van der Waals surface area contributed by atoms with Gasteiger partial charge in [-0.2, -0.15) is 4.98 Å². The van der Waals surface area contributed by atoms with Gasteiger partial charge in [0.25, 0.3) is 0 Å². The predicted octanol–water partition coefficient (Wildman–Crippen LogP) is 2.88. The van der Waals surface area contributed by atoms with Crippen molar-refractivity contribution in [3.05, 3.63) is 54.0 Å². The number of aromatic nitrogens is 3. The topological polar surface area (TPSA) is 98.4 Å². The molecule has 9 heteroatoms. The zero-order chi connectivity index (χ0) is 20.4. The van der Waals surface area contributed by atoms with Gasteiger partial charge in [0.05, 0.1) is 18.0 Å². The van der Waals surface area contributed by atoms with Crippen molar-refractivity contribution in [2.75, 3.05) is 19.9 Å². The Balaban J connectivity index is 1.49. The predicted molar refractivity (Wildman–Crippen MR) is 106 cm³/mol. The van der Waals surface area contributed by atoms with Crippen molar-refractivity contribution in [2.24, 2.45) is 0 Å². The standard InChI is InChI=1S/C20H22N4O4S/c1-27-18-10-7-15(12-21-18)19-22-20(28-23-19)17-4-3-11-24(17)13-14-5-8-16(9-6-14)29(2,25)26/h5-10,12,17H,3-4,11,13H2,1-2H3/t17-/m1/s1. The van der Waals surface area contributed by atoms with E-state index in [-0.39, 0.29) is 6.04 Å². The first-order valence-corrected chi connectivity index (χ1v) is 11.2. The number of ether oxygens (including phenoxy) is 1. The lowest BCUT2D eigenvalue weighted by Crippen LogP contribution is -2.23. The number of hydrogen-bond acceptors (Lipinski definition) is 8. The zero-order valence-corrected chi connectivity index (χ0v) is 17.1. The fourth-order valence-electron chi connectivity index (χ4n) is 3.49. The molecule has 152 valence electrons. The van der Waals surface area contributed by atoms with E-state index in [1.807, 2.05) is 18.2 Å². The molecule has 0 saturated carbocycles. The highest BCUT2D eigenvalue weighted by Gasteiger charge is 2.31. The Bertz CT molecular complexity index is 1080. The van der Waals surface area contributed by atoms with Gasteiger partial charge in [-0.3, -0.25) is 4.90 Å². The summed E-state index contributed by atoms with van der Waals surface area (Å²) in [5.74, 6) is 1.61. The molecule has 3 heterocycles. The van der Waals surface area contributed by atoms with Crippen LogP contribution in [0.2, 0.25) is 0 Å². The minimum absolute atomic E-state index is 0.0389. The number of sulfone groups is 1. The third-order valence-corrected chi connectivity index (χ3v) is 6.16. The van der Waals surface area contributed by atoms with E-state index >= 15 is 0 Å². The fourth-order valence-corrected chi connectivity index (χ4v) is 4.12. The van der Waals surface area contributed by atoms with Crippen LogP contribution in [0.4, 0.5) is 0 Å². The number of methoxy groups -OCH3 is 1. The molecule has 4 rings (SSSR count). The molecule has 0 spiro atoms. The van der Waals surface area contributed by atoms with E-state index in [1.54, 1.807) is 31.5 Å². The van der Waals surface area contributed by atoms with E-state index < -0.39 is 9.84 Å². The molecule has 8 nitrogen and oxygen atoms in total. The molecule has 1 aromatic carbocycles. The Morgan fingerprint density at radius 3 is 2.66 bits per heavy atom. The van der Waals surface area contributed by atoms with Crippen LogP contribution in [0.3, 0.4) is 0 Å². The summed E-state index contributed by atoms with van der Waals surface area (Å²) in [4.78, 5) is 11.4. The number of pyridine rings is 1. The summed E-state index contributed by atoms with van der Waals surface area (Å²) < 4.78 is 33.9. The van der Waals surface area contributed by atoms with Crippen molar-refractivity contribution in [3.8, 4) is 17.3 Å². The Hall–Kier alpha value is -2.78. The molecule has 1 aliphatic heterocycles. The molecule has 0 radical (unpaired) electrons. The second-order valence-electron chi connectivity index (χ2n) is 7.09. The lowest BCUT2D eigenvalue weighted by molar-refractivity contribution is 0.201. The van der Waals surface area contributed by atoms with Gasteiger partial charge in [0.2, 0.25) is 17.6 Å². The van der Waals surface area contributed by atoms with Crippen LogP contribution in [0.25, 0.3) is 11.4 Å². The average Bonchev–Trinajstić information content (AvgIpc) is 3.37. The average molecular weight is 414 g/mol. The van der Waals surface area contributed by atoms with Crippen molar-refractivity contribution in [2.45, 2.75) is 30.3 Å². The van der Waals surface area contributed by atoms with Crippen LogP contribution in [0, 0.1) is 0 Å². The molecule has 0 aliphatic carbocycles. The smallest absolute Gasteiger partial charge is 0.244 e. The number of benzene rings is 1. The Kier molecular flexibility index (Phi) is 5.33. The lowest BCUT2D eigenvalue weighted by atomic mass is 10.2. The molecule has 3 aromatic rings.